The van der Waals surface area contributed by atoms with E-state index in [4.69, 9.17) is 9.47 Å². The number of halogens is 1. The molecule has 4 heteroatoms. The minimum Gasteiger partial charge on any atom is -0.488 e. The standard InChI is InChI=1S/C15H22FNO2/c1-15(2,3)17-9-11-6-12(16)8-14(7-11)19-13-4-5-18-10-13/h6-8,13,17H,4-5,9-10H2,1-3H3. The summed E-state index contributed by atoms with van der Waals surface area (Å²) >= 11 is 0. The lowest BCUT2D eigenvalue weighted by atomic mass is 10.1. The molecule has 1 aromatic rings. The molecule has 0 aliphatic carbocycles. The minimum absolute atomic E-state index is 0.00658. The summed E-state index contributed by atoms with van der Waals surface area (Å²) in [6.45, 7) is 8.18. The second kappa shape index (κ2) is 5.88. The molecule has 1 fully saturated rings. The third-order valence-corrected chi connectivity index (χ3v) is 2.94. The molecule has 0 amide bonds. The number of hydrogen-bond donors (Lipinski definition) is 1. The molecule has 1 aromatic carbocycles. The Morgan fingerprint density at radius 1 is 1.37 bits per heavy atom. The average molecular weight is 267 g/mol. The van der Waals surface area contributed by atoms with Gasteiger partial charge in [-0.3, -0.25) is 0 Å². The van der Waals surface area contributed by atoms with E-state index >= 15 is 0 Å². The maximum Gasteiger partial charge on any atom is 0.127 e. The first-order valence-corrected chi connectivity index (χ1v) is 6.71. The maximum absolute atomic E-state index is 13.6. The molecule has 0 saturated carbocycles. The van der Waals surface area contributed by atoms with Gasteiger partial charge in [0.1, 0.15) is 17.7 Å². The molecule has 106 valence electrons. The summed E-state index contributed by atoms with van der Waals surface area (Å²) in [6.07, 6.45) is 0.914. The first-order valence-electron chi connectivity index (χ1n) is 6.71. The monoisotopic (exact) mass is 267 g/mol. The van der Waals surface area contributed by atoms with Gasteiger partial charge in [-0.25, -0.2) is 4.39 Å². The zero-order valence-electron chi connectivity index (χ0n) is 11.8. The Bertz CT molecular complexity index is 423. The average Bonchev–Trinajstić information content (AvgIpc) is 2.77. The molecule has 1 atom stereocenters. The molecule has 19 heavy (non-hydrogen) atoms. The normalized spacial score (nSPS) is 19.7. The molecular formula is C15H22FNO2. The van der Waals surface area contributed by atoms with Crippen LogP contribution in [0.2, 0.25) is 0 Å². The van der Waals surface area contributed by atoms with Crippen LogP contribution in [-0.2, 0) is 11.3 Å². The maximum atomic E-state index is 13.6. The van der Waals surface area contributed by atoms with Gasteiger partial charge in [-0.15, -0.1) is 0 Å². The van der Waals surface area contributed by atoms with Gasteiger partial charge in [0.25, 0.3) is 0 Å². The molecule has 2 rings (SSSR count). The van der Waals surface area contributed by atoms with Gasteiger partial charge in [0.2, 0.25) is 0 Å². The van der Waals surface area contributed by atoms with E-state index in [0.717, 1.165) is 18.6 Å². The minimum atomic E-state index is -0.262. The zero-order valence-corrected chi connectivity index (χ0v) is 11.8. The van der Waals surface area contributed by atoms with Crippen molar-refractivity contribution < 1.29 is 13.9 Å². The van der Waals surface area contributed by atoms with Gasteiger partial charge in [0.15, 0.2) is 0 Å². The number of nitrogens with one attached hydrogen (secondary N) is 1. The highest BCUT2D eigenvalue weighted by Crippen LogP contribution is 2.20. The Balaban J connectivity index is 2.01. The van der Waals surface area contributed by atoms with E-state index in [9.17, 15) is 4.39 Å². The second-order valence-corrected chi connectivity index (χ2v) is 6.00. The lowest BCUT2D eigenvalue weighted by Gasteiger charge is -2.21. The van der Waals surface area contributed by atoms with Gasteiger partial charge >= 0.3 is 0 Å². The van der Waals surface area contributed by atoms with Crippen molar-refractivity contribution in [3.8, 4) is 5.75 Å². The van der Waals surface area contributed by atoms with Crippen molar-refractivity contribution in [2.24, 2.45) is 0 Å². The summed E-state index contributed by atoms with van der Waals surface area (Å²) in [5.41, 5.74) is 0.899. The highest BCUT2D eigenvalue weighted by atomic mass is 19.1. The first kappa shape index (κ1) is 14.3. The van der Waals surface area contributed by atoms with Crippen molar-refractivity contribution in [2.75, 3.05) is 13.2 Å². The summed E-state index contributed by atoms with van der Waals surface area (Å²) in [7, 11) is 0. The number of hydrogen-bond acceptors (Lipinski definition) is 3. The van der Waals surface area contributed by atoms with Crippen molar-refractivity contribution >= 4 is 0 Å². The van der Waals surface area contributed by atoms with Crippen molar-refractivity contribution in [2.45, 2.75) is 45.4 Å². The Labute approximate surface area is 114 Å². The van der Waals surface area contributed by atoms with Crippen molar-refractivity contribution in [3.05, 3.63) is 29.6 Å². The highest BCUT2D eigenvalue weighted by molar-refractivity contribution is 5.30. The van der Waals surface area contributed by atoms with Crippen LogP contribution in [0, 0.1) is 5.82 Å². The molecule has 1 unspecified atom stereocenters. The predicted molar refractivity (Wildman–Crippen MR) is 72.8 cm³/mol. The molecule has 1 N–H and O–H groups in total. The topological polar surface area (TPSA) is 30.5 Å². The quantitative estimate of drug-likeness (QED) is 0.910. The Morgan fingerprint density at radius 3 is 2.79 bits per heavy atom. The molecule has 0 radical (unpaired) electrons. The van der Waals surface area contributed by atoms with Crippen molar-refractivity contribution in [1.29, 1.82) is 0 Å². The predicted octanol–water partition coefficient (Wildman–Crippen LogP) is 2.88. The van der Waals surface area contributed by atoms with Crippen LogP contribution in [-0.4, -0.2) is 24.9 Å². The van der Waals surface area contributed by atoms with Gasteiger partial charge in [-0.2, -0.15) is 0 Å². The van der Waals surface area contributed by atoms with E-state index in [1.54, 1.807) is 0 Å². The van der Waals surface area contributed by atoms with Crippen LogP contribution in [0.1, 0.15) is 32.8 Å². The van der Waals surface area contributed by atoms with E-state index in [-0.39, 0.29) is 17.5 Å². The fourth-order valence-electron chi connectivity index (χ4n) is 1.96. The molecular weight excluding hydrogens is 245 g/mol. The van der Waals surface area contributed by atoms with Crippen LogP contribution in [0.25, 0.3) is 0 Å². The van der Waals surface area contributed by atoms with Crippen LogP contribution in [0.3, 0.4) is 0 Å². The third-order valence-electron chi connectivity index (χ3n) is 2.94. The highest BCUT2D eigenvalue weighted by Gasteiger charge is 2.18. The number of rotatable bonds is 4. The summed E-state index contributed by atoms with van der Waals surface area (Å²) in [6, 6.07) is 4.86. The van der Waals surface area contributed by atoms with Crippen molar-refractivity contribution in [1.82, 2.24) is 5.32 Å². The fourth-order valence-corrected chi connectivity index (χ4v) is 1.96. The van der Waals surface area contributed by atoms with Crippen LogP contribution in [0.4, 0.5) is 4.39 Å². The van der Waals surface area contributed by atoms with Gasteiger partial charge in [0, 0.05) is 24.6 Å². The van der Waals surface area contributed by atoms with E-state index < -0.39 is 0 Å². The number of benzene rings is 1. The van der Waals surface area contributed by atoms with E-state index in [1.165, 1.54) is 12.1 Å². The lowest BCUT2D eigenvalue weighted by Crippen LogP contribution is -2.35. The number of ether oxygens (including phenoxy) is 2. The van der Waals surface area contributed by atoms with Crippen LogP contribution in [0.5, 0.6) is 5.75 Å². The van der Waals surface area contributed by atoms with Gasteiger partial charge in [-0.05, 0) is 38.5 Å². The van der Waals surface area contributed by atoms with Crippen LogP contribution in [0.15, 0.2) is 18.2 Å². The fraction of sp³-hybridized carbons (Fsp3) is 0.600. The Morgan fingerprint density at radius 2 is 2.16 bits per heavy atom. The molecule has 3 nitrogen and oxygen atoms in total. The van der Waals surface area contributed by atoms with E-state index in [1.807, 2.05) is 6.07 Å². The summed E-state index contributed by atoms with van der Waals surface area (Å²) < 4.78 is 24.6. The molecule has 1 aliphatic rings. The van der Waals surface area contributed by atoms with Gasteiger partial charge < -0.3 is 14.8 Å². The Hall–Kier alpha value is -1.13. The summed E-state index contributed by atoms with van der Waals surface area (Å²) in [4.78, 5) is 0. The van der Waals surface area contributed by atoms with Gasteiger partial charge in [0.05, 0.1) is 13.2 Å². The SMILES string of the molecule is CC(C)(C)NCc1cc(F)cc(OC2CCOC2)c1. The second-order valence-electron chi connectivity index (χ2n) is 6.00. The smallest absolute Gasteiger partial charge is 0.127 e. The molecule has 0 aromatic heterocycles. The molecule has 1 heterocycles. The van der Waals surface area contributed by atoms with Crippen LogP contribution >= 0.6 is 0 Å². The molecule has 0 spiro atoms. The van der Waals surface area contributed by atoms with Crippen molar-refractivity contribution in [3.63, 3.8) is 0 Å². The van der Waals surface area contributed by atoms with E-state index in [0.29, 0.717) is 18.9 Å². The molecule has 1 saturated heterocycles. The first-order chi connectivity index (χ1) is 8.92. The summed E-state index contributed by atoms with van der Waals surface area (Å²) in [5.74, 6) is 0.323. The lowest BCUT2D eigenvalue weighted by molar-refractivity contribution is 0.141. The Kier molecular flexibility index (Phi) is 4.42. The van der Waals surface area contributed by atoms with E-state index in [2.05, 4.69) is 26.1 Å². The van der Waals surface area contributed by atoms with Crippen LogP contribution < -0.4 is 10.1 Å². The molecule has 0 bridgehead atoms. The zero-order chi connectivity index (χ0) is 13.9. The third kappa shape index (κ3) is 4.80. The van der Waals surface area contributed by atoms with Gasteiger partial charge in [-0.1, -0.05) is 0 Å². The largest absolute Gasteiger partial charge is 0.488 e. The summed E-state index contributed by atoms with van der Waals surface area (Å²) in [5, 5.41) is 3.34. The molecule has 1 aliphatic heterocycles.